The Morgan fingerprint density at radius 3 is 2.44 bits per heavy atom. The Hall–Kier alpha value is -2.46. The van der Waals surface area contributed by atoms with Crippen LogP contribution in [0.1, 0.15) is 29.0 Å². The summed E-state index contributed by atoms with van der Waals surface area (Å²) < 4.78 is 2.11. The number of hydrogen-bond donors (Lipinski definition) is 1. The lowest BCUT2D eigenvalue weighted by Gasteiger charge is -2.17. The molecule has 0 spiro atoms. The lowest BCUT2D eigenvalue weighted by molar-refractivity contribution is -0.121. The van der Waals surface area contributed by atoms with Crippen LogP contribution in [0.15, 0.2) is 72.9 Å². The molecule has 32 heavy (non-hydrogen) atoms. The van der Waals surface area contributed by atoms with Crippen LogP contribution in [0, 0.1) is 0 Å². The fraction of sp³-hybridized carbons (Fsp3) is 0.192. The summed E-state index contributed by atoms with van der Waals surface area (Å²) in [5.41, 5.74) is 4.28. The zero-order valence-corrected chi connectivity index (χ0v) is 19.9. The highest BCUT2D eigenvalue weighted by atomic mass is 35.5. The van der Waals surface area contributed by atoms with Gasteiger partial charge in [0.15, 0.2) is 0 Å². The molecule has 164 valence electrons. The van der Waals surface area contributed by atoms with Crippen LogP contribution in [0.2, 0.25) is 15.1 Å². The molecule has 0 aliphatic rings. The monoisotopic (exact) mass is 484 g/mol. The molecule has 4 aromatic rings. The molecule has 1 heterocycles. The van der Waals surface area contributed by atoms with E-state index >= 15 is 0 Å². The maximum atomic E-state index is 12.9. The predicted octanol–water partition coefficient (Wildman–Crippen LogP) is 7.02. The lowest BCUT2D eigenvalue weighted by Crippen LogP contribution is -2.27. The Kier molecular flexibility index (Phi) is 7.10. The number of para-hydroxylation sites is 1. The van der Waals surface area contributed by atoms with Gasteiger partial charge in [-0.05, 0) is 53.4 Å². The van der Waals surface area contributed by atoms with Crippen molar-refractivity contribution in [2.24, 2.45) is 7.05 Å². The predicted molar refractivity (Wildman–Crippen MR) is 134 cm³/mol. The van der Waals surface area contributed by atoms with E-state index in [9.17, 15) is 4.79 Å². The standard InChI is InChI=1S/C26H23Cl3N2O/c1-31-16-23(21-4-2-3-5-25(21)31)22(17-6-9-19(27)10-7-17)15-26(32)30-13-12-18-8-11-20(28)14-24(18)29/h2-11,14,16,22H,12-13,15H2,1H3,(H,30,32). The molecule has 1 aromatic heterocycles. The number of benzene rings is 3. The molecule has 0 fully saturated rings. The van der Waals surface area contributed by atoms with Crippen molar-refractivity contribution in [3.8, 4) is 0 Å². The van der Waals surface area contributed by atoms with Gasteiger partial charge in [0.05, 0.1) is 0 Å². The average molecular weight is 486 g/mol. The SMILES string of the molecule is Cn1cc(C(CC(=O)NCCc2ccc(Cl)cc2Cl)c2ccc(Cl)cc2)c2ccccc21. The van der Waals surface area contributed by atoms with Gasteiger partial charge in [-0.25, -0.2) is 0 Å². The molecule has 1 atom stereocenters. The fourth-order valence-corrected chi connectivity index (χ4v) is 4.70. The molecule has 3 nitrogen and oxygen atoms in total. The molecule has 0 saturated carbocycles. The second-order valence-electron chi connectivity index (χ2n) is 7.86. The maximum absolute atomic E-state index is 12.9. The Balaban J connectivity index is 1.54. The van der Waals surface area contributed by atoms with Gasteiger partial charge in [-0.2, -0.15) is 0 Å². The fourth-order valence-electron chi connectivity index (χ4n) is 4.07. The van der Waals surface area contributed by atoms with Crippen molar-refractivity contribution in [1.82, 2.24) is 9.88 Å². The van der Waals surface area contributed by atoms with Gasteiger partial charge >= 0.3 is 0 Å². The third kappa shape index (κ3) is 5.12. The van der Waals surface area contributed by atoms with Gasteiger partial charge < -0.3 is 9.88 Å². The number of aromatic nitrogens is 1. The zero-order valence-electron chi connectivity index (χ0n) is 17.6. The van der Waals surface area contributed by atoms with Gasteiger partial charge in [-0.1, -0.05) is 71.2 Å². The summed E-state index contributed by atoms with van der Waals surface area (Å²) in [6, 6.07) is 21.4. The number of halogens is 3. The van der Waals surface area contributed by atoms with Crippen LogP contribution in [0.5, 0.6) is 0 Å². The number of aryl methyl sites for hydroxylation is 1. The van der Waals surface area contributed by atoms with Crippen LogP contribution in [-0.2, 0) is 18.3 Å². The highest BCUT2D eigenvalue weighted by Gasteiger charge is 2.22. The molecule has 4 rings (SSSR count). The molecule has 1 N–H and O–H groups in total. The number of fused-ring (bicyclic) bond motifs is 1. The summed E-state index contributed by atoms with van der Waals surface area (Å²) in [6.45, 7) is 0.503. The number of carbonyl (C=O) groups excluding carboxylic acids is 1. The first-order valence-electron chi connectivity index (χ1n) is 10.4. The van der Waals surface area contributed by atoms with Crippen molar-refractivity contribution < 1.29 is 4.79 Å². The molecule has 0 saturated heterocycles. The Bertz CT molecular complexity index is 1250. The molecule has 1 amide bonds. The van der Waals surface area contributed by atoms with Crippen LogP contribution in [0.3, 0.4) is 0 Å². The van der Waals surface area contributed by atoms with Gasteiger partial charge in [-0.3, -0.25) is 4.79 Å². The summed E-state index contributed by atoms with van der Waals surface area (Å²) in [5.74, 6) is -0.0968. The zero-order chi connectivity index (χ0) is 22.7. The van der Waals surface area contributed by atoms with Gasteiger partial charge in [0.1, 0.15) is 0 Å². The first-order valence-corrected chi connectivity index (χ1v) is 11.6. The highest BCUT2D eigenvalue weighted by Crippen LogP contribution is 2.35. The van der Waals surface area contributed by atoms with Crippen molar-refractivity contribution in [3.63, 3.8) is 0 Å². The highest BCUT2D eigenvalue weighted by molar-refractivity contribution is 6.35. The quantitative estimate of drug-likeness (QED) is 0.300. The van der Waals surface area contributed by atoms with E-state index in [1.54, 1.807) is 6.07 Å². The second-order valence-corrected chi connectivity index (χ2v) is 9.14. The van der Waals surface area contributed by atoms with Gasteiger partial charge in [0, 0.05) is 58.1 Å². The van der Waals surface area contributed by atoms with Crippen LogP contribution >= 0.6 is 34.8 Å². The number of amides is 1. The molecule has 0 aliphatic carbocycles. The summed E-state index contributed by atoms with van der Waals surface area (Å²) >= 11 is 18.3. The van der Waals surface area contributed by atoms with E-state index in [-0.39, 0.29) is 11.8 Å². The number of nitrogens with zero attached hydrogens (tertiary/aromatic N) is 1. The van der Waals surface area contributed by atoms with Crippen molar-refractivity contribution in [3.05, 3.63) is 105 Å². The Morgan fingerprint density at radius 2 is 1.69 bits per heavy atom. The van der Waals surface area contributed by atoms with Crippen molar-refractivity contribution in [2.75, 3.05) is 6.54 Å². The van der Waals surface area contributed by atoms with Crippen molar-refractivity contribution in [1.29, 1.82) is 0 Å². The molecule has 0 bridgehead atoms. The first-order chi connectivity index (χ1) is 15.4. The molecule has 3 aromatic carbocycles. The van der Waals surface area contributed by atoms with E-state index in [0.717, 1.165) is 27.6 Å². The molecule has 0 aliphatic heterocycles. The topological polar surface area (TPSA) is 34.0 Å². The van der Waals surface area contributed by atoms with E-state index in [2.05, 4.69) is 28.2 Å². The largest absolute Gasteiger partial charge is 0.356 e. The summed E-state index contributed by atoms with van der Waals surface area (Å²) in [7, 11) is 2.03. The summed E-state index contributed by atoms with van der Waals surface area (Å²) in [4.78, 5) is 12.9. The van der Waals surface area contributed by atoms with E-state index in [0.29, 0.717) is 34.5 Å². The van der Waals surface area contributed by atoms with Crippen LogP contribution < -0.4 is 5.32 Å². The minimum Gasteiger partial charge on any atom is -0.356 e. The number of nitrogens with one attached hydrogen (secondary N) is 1. The minimum atomic E-state index is -0.0857. The second kappa shape index (κ2) is 9.99. The number of hydrogen-bond acceptors (Lipinski definition) is 1. The van der Waals surface area contributed by atoms with Crippen LogP contribution in [0.4, 0.5) is 0 Å². The first kappa shape index (κ1) is 22.7. The van der Waals surface area contributed by atoms with E-state index < -0.39 is 0 Å². The van der Waals surface area contributed by atoms with Crippen molar-refractivity contribution >= 4 is 51.6 Å². The minimum absolute atomic E-state index is 0.0111. The van der Waals surface area contributed by atoms with Crippen LogP contribution in [-0.4, -0.2) is 17.0 Å². The number of carbonyl (C=O) groups is 1. The van der Waals surface area contributed by atoms with Gasteiger partial charge in [-0.15, -0.1) is 0 Å². The van der Waals surface area contributed by atoms with E-state index in [4.69, 9.17) is 34.8 Å². The van der Waals surface area contributed by atoms with Crippen molar-refractivity contribution in [2.45, 2.75) is 18.8 Å². The molecule has 1 unspecified atom stereocenters. The lowest BCUT2D eigenvalue weighted by atomic mass is 9.88. The third-order valence-electron chi connectivity index (χ3n) is 5.70. The van der Waals surface area contributed by atoms with Gasteiger partial charge in [0.2, 0.25) is 5.91 Å². The Morgan fingerprint density at radius 1 is 0.969 bits per heavy atom. The average Bonchev–Trinajstić information content (AvgIpc) is 3.11. The maximum Gasteiger partial charge on any atom is 0.220 e. The third-order valence-corrected chi connectivity index (χ3v) is 6.54. The molecular formula is C26H23Cl3N2O. The number of rotatable bonds is 7. The van der Waals surface area contributed by atoms with E-state index in [1.165, 1.54) is 0 Å². The van der Waals surface area contributed by atoms with E-state index in [1.807, 2.05) is 55.6 Å². The normalized spacial score (nSPS) is 12.1. The molecular weight excluding hydrogens is 463 g/mol. The Labute approximate surface area is 202 Å². The van der Waals surface area contributed by atoms with Gasteiger partial charge in [0.25, 0.3) is 0 Å². The molecule has 6 heteroatoms. The molecule has 0 radical (unpaired) electrons. The smallest absolute Gasteiger partial charge is 0.220 e. The summed E-state index contributed by atoms with van der Waals surface area (Å²) in [5, 5.41) is 6.08. The van der Waals surface area contributed by atoms with Crippen LogP contribution in [0.25, 0.3) is 10.9 Å². The summed E-state index contributed by atoms with van der Waals surface area (Å²) in [6.07, 6.45) is 3.09.